The maximum absolute atomic E-state index is 12.7. The molecule has 1 aliphatic rings. The predicted molar refractivity (Wildman–Crippen MR) is 109 cm³/mol. The Hall–Kier alpha value is -3.14. The van der Waals surface area contributed by atoms with Crippen molar-refractivity contribution in [3.8, 4) is 0 Å². The molecule has 0 saturated carbocycles. The highest BCUT2D eigenvalue weighted by atomic mass is 16.2. The van der Waals surface area contributed by atoms with E-state index in [1.807, 2.05) is 68.4 Å². The van der Waals surface area contributed by atoms with E-state index in [-0.39, 0.29) is 24.2 Å². The first kappa shape index (κ1) is 17.3. The summed E-state index contributed by atoms with van der Waals surface area (Å²) in [5.41, 5.74) is 3.86. The van der Waals surface area contributed by atoms with Crippen molar-refractivity contribution < 1.29 is 9.59 Å². The van der Waals surface area contributed by atoms with Crippen LogP contribution < -0.4 is 10.2 Å². The van der Waals surface area contributed by atoms with Gasteiger partial charge in [-0.2, -0.15) is 0 Å². The fourth-order valence-electron chi connectivity index (χ4n) is 3.85. The smallest absolute Gasteiger partial charge is 0.229 e. The van der Waals surface area contributed by atoms with Gasteiger partial charge in [-0.15, -0.1) is 0 Å². The minimum Gasteiger partial charge on any atom is -0.326 e. The average molecular weight is 358 g/mol. The number of nitrogens with one attached hydrogen (secondary N) is 1. The number of carbonyl (C=O) groups is 2. The zero-order valence-corrected chi connectivity index (χ0v) is 15.5. The van der Waals surface area contributed by atoms with Gasteiger partial charge in [-0.1, -0.05) is 42.5 Å². The minimum absolute atomic E-state index is 0.00748. The molecule has 4 rings (SSSR count). The van der Waals surface area contributed by atoms with Gasteiger partial charge >= 0.3 is 0 Å². The quantitative estimate of drug-likeness (QED) is 0.752. The Kier molecular flexibility index (Phi) is 4.40. The first-order valence-electron chi connectivity index (χ1n) is 9.18. The zero-order valence-electron chi connectivity index (χ0n) is 15.5. The van der Waals surface area contributed by atoms with E-state index in [9.17, 15) is 9.59 Å². The van der Waals surface area contributed by atoms with Gasteiger partial charge in [-0.05, 0) is 48.6 Å². The number of amides is 2. The maximum atomic E-state index is 12.7. The van der Waals surface area contributed by atoms with Gasteiger partial charge in [-0.25, -0.2) is 0 Å². The van der Waals surface area contributed by atoms with Gasteiger partial charge in [-0.3, -0.25) is 9.59 Å². The van der Waals surface area contributed by atoms with Crippen LogP contribution in [0.3, 0.4) is 0 Å². The second-order valence-corrected chi connectivity index (χ2v) is 7.27. The molecule has 27 heavy (non-hydrogen) atoms. The standard InChI is InChI=1S/C23H22N2O2/c1-15-10-16(2)12-19(11-15)24-23(27)18-13-22(26)25(14-18)21-9-5-7-17-6-3-4-8-20(17)21/h3-12,18H,13-14H2,1-2H3,(H,24,27)/t18-/m0/s1. The number of fused-ring (bicyclic) bond motifs is 1. The van der Waals surface area contributed by atoms with E-state index < -0.39 is 0 Å². The van der Waals surface area contributed by atoms with Gasteiger partial charge < -0.3 is 10.2 Å². The number of aryl methyl sites for hydroxylation is 2. The van der Waals surface area contributed by atoms with Crippen molar-refractivity contribution in [1.29, 1.82) is 0 Å². The van der Waals surface area contributed by atoms with Crippen molar-refractivity contribution in [3.63, 3.8) is 0 Å². The molecule has 4 nitrogen and oxygen atoms in total. The number of nitrogens with zero attached hydrogens (tertiary/aromatic N) is 1. The molecule has 1 atom stereocenters. The molecule has 1 aliphatic heterocycles. The normalized spacial score (nSPS) is 16.7. The second kappa shape index (κ2) is 6.88. The lowest BCUT2D eigenvalue weighted by molar-refractivity contribution is -0.122. The highest BCUT2D eigenvalue weighted by Crippen LogP contribution is 2.32. The molecule has 0 spiro atoms. The molecule has 3 aromatic carbocycles. The fraction of sp³-hybridized carbons (Fsp3) is 0.217. The Morgan fingerprint density at radius 1 is 1.00 bits per heavy atom. The lowest BCUT2D eigenvalue weighted by Gasteiger charge is -2.19. The van der Waals surface area contributed by atoms with Crippen LogP contribution in [0.2, 0.25) is 0 Å². The summed E-state index contributed by atoms with van der Waals surface area (Å²) in [5, 5.41) is 5.10. The fourth-order valence-corrected chi connectivity index (χ4v) is 3.85. The van der Waals surface area contributed by atoms with Gasteiger partial charge in [0.05, 0.1) is 11.6 Å². The summed E-state index contributed by atoms with van der Waals surface area (Å²) in [6.45, 7) is 4.41. The molecule has 1 N–H and O–H groups in total. The zero-order chi connectivity index (χ0) is 19.0. The Labute approximate surface area is 158 Å². The molecular formula is C23H22N2O2. The molecule has 0 radical (unpaired) electrons. The van der Waals surface area contributed by atoms with Crippen LogP contribution in [0.1, 0.15) is 17.5 Å². The van der Waals surface area contributed by atoms with Crippen LogP contribution in [0, 0.1) is 19.8 Å². The number of rotatable bonds is 3. The lowest BCUT2D eigenvalue weighted by Crippen LogP contribution is -2.28. The van der Waals surface area contributed by atoms with Crippen LogP contribution >= 0.6 is 0 Å². The summed E-state index contributed by atoms with van der Waals surface area (Å²) in [5.74, 6) is -0.458. The average Bonchev–Trinajstić information content (AvgIpc) is 3.02. The number of benzene rings is 3. The van der Waals surface area contributed by atoms with Gasteiger partial charge in [0, 0.05) is 24.0 Å². The third kappa shape index (κ3) is 3.43. The van der Waals surface area contributed by atoms with Crippen molar-refractivity contribution in [2.75, 3.05) is 16.8 Å². The van der Waals surface area contributed by atoms with Crippen LogP contribution in [-0.4, -0.2) is 18.4 Å². The van der Waals surface area contributed by atoms with E-state index in [0.717, 1.165) is 33.3 Å². The molecule has 0 aromatic heterocycles. The molecule has 1 fully saturated rings. The van der Waals surface area contributed by atoms with Crippen LogP contribution in [0.15, 0.2) is 60.7 Å². The predicted octanol–water partition coefficient (Wildman–Crippen LogP) is 4.45. The first-order chi connectivity index (χ1) is 13.0. The Morgan fingerprint density at radius 3 is 2.48 bits per heavy atom. The molecule has 1 heterocycles. The SMILES string of the molecule is Cc1cc(C)cc(NC(=O)[C@H]2CC(=O)N(c3cccc4ccccc34)C2)c1. The van der Waals surface area contributed by atoms with Crippen LogP contribution in [0.25, 0.3) is 10.8 Å². The van der Waals surface area contributed by atoms with Gasteiger partial charge in [0.2, 0.25) is 11.8 Å². The summed E-state index contributed by atoms with van der Waals surface area (Å²) in [6, 6.07) is 19.9. The molecule has 0 unspecified atom stereocenters. The van der Waals surface area contributed by atoms with Crippen molar-refractivity contribution in [2.45, 2.75) is 20.3 Å². The monoisotopic (exact) mass is 358 g/mol. The second-order valence-electron chi connectivity index (χ2n) is 7.27. The molecule has 1 saturated heterocycles. The number of carbonyl (C=O) groups excluding carboxylic acids is 2. The van der Waals surface area contributed by atoms with E-state index in [2.05, 4.69) is 11.4 Å². The Balaban J connectivity index is 1.56. The minimum atomic E-state index is -0.350. The van der Waals surface area contributed by atoms with Crippen LogP contribution in [0.5, 0.6) is 0 Å². The van der Waals surface area contributed by atoms with E-state index in [0.29, 0.717) is 6.54 Å². The molecule has 0 bridgehead atoms. The van der Waals surface area contributed by atoms with E-state index >= 15 is 0 Å². The summed E-state index contributed by atoms with van der Waals surface area (Å²) in [4.78, 5) is 27.1. The van der Waals surface area contributed by atoms with Crippen molar-refractivity contribution >= 4 is 34.0 Å². The van der Waals surface area contributed by atoms with Gasteiger partial charge in [0.15, 0.2) is 0 Å². The van der Waals surface area contributed by atoms with E-state index in [1.54, 1.807) is 4.90 Å². The first-order valence-corrected chi connectivity index (χ1v) is 9.18. The van der Waals surface area contributed by atoms with Crippen LogP contribution in [0.4, 0.5) is 11.4 Å². The maximum Gasteiger partial charge on any atom is 0.229 e. The summed E-state index contributed by atoms with van der Waals surface area (Å²) in [6.07, 6.45) is 0.236. The topological polar surface area (TPSA) is 49.4 Å². The molecular weight excluding hydrogens is 336 g/mol. The largest absolute Gasteiger partial charge is 0.326 e. The molecule has 2 amide bonds. The van der Waals surface area contributed by atoms with E-state index in [4.69, 9.17) is 0 Å². The lowest BCUT2D eigenvalue weighted by atomic mass is 10.1. The summed E-state index contributed by atoms with van der Waals surface area (Å²) >= 11 is 0. The molecule has 0 aliphatic carbocycles. The Morgan fingerprint density at radius 2 is 1.70 bits per heavy atom. The van der Waals surface area contributed by atoms with Crippen molar-refractivity contribution in [1.82, 2.24) is 0 Å². The van der Waals surface area contributed by atoms with Crippen LogP contribution in [-0.2, 0) is 9.59 Å². The Bertz CT molecular complexity index is 1020. The molecule has 3 aromatic rings. The van der Waals surface area contributed by atoms with Gasteiger partial charge in [0.25, 0.3) is 0 Å². The highest BCUT2D eigenvalue weighted by molar-refractivity contribution is 6.08. The van der Waals surface area contributed by atoms with Crippen molar-refractivity contribution in [3.05, 3.63) is 71.8 Å². The van der Waals surface area contributed by atoms with Gasteiger partial charge in [0.1, 0.15) is 0 Å². The summed E-state index contributed by atoms with van der Waals surface area (Å²) < 4.78 is 0. The summed E-state index contributed by atoms with van der Waals surface area (Å²) in [7, 11) is 0. The van der Waals surface area contributed by atoms with E-state index in [1.165, 1.54) is 0 Å². The molecule has 136 valence electrons. The number of hydrogen-bond acceptors (Lipinski definition) is 2. The number of anilines is 2. The highest BCUT2D eigenvalue weighted by Gasteiger charge is 2.35. The van der Waals surface area contributed by atoms with Crippen molar-refractivity contribution in [2.24, 2.45) is 5.92 Å². The third-order valence-electron chi connectivity index (χ3n) is 5.04. The molecule has 4 heteroatoms. The third-order valence-corrected chi connectivity index (χ3v) is 5.04. The number of hydrogen-bond donors (Lipinski definition) is 1.